The van der Waals surface area contributed by atoms with Crippen molar-refractivity contribution in [3.05, 3.63) is 0 Å². The molecular weight excluding hydrogens is 226 g/mol. The smallest absolute Gasteiger partial charge is 0.323 e. The lowest BCUT2D eigenvalue weighted by Gasteiger charge is -2.25. The van der Waals surface area contributed by atoms with Crippen LogP contribution in [0.25, 0.3) is 0 Å². The van der Waals surface area contributed by atoms with Gasteiger partial charge >= 0.3 is 12.0 Å². The molecule has 7 nitrogen and oxygen atoms in total. The maximum atomic E-state index is 11.8. The highest BCUT2D eigenvalue weighted by Gasteiger charge is 2.18. The number of hydrogen-bond acceptors (Lipinski definition) is 3. The molecule has 0 fully saturated rings. The number of nitrogens with one attached hydrogen (secondary N) is 1. The minimum Gasteiger partial charge on any atom is -0.480 e. The van der Waals surface area contributed by atoms with Crippen molar-refractivity contribution in [1.29, 1.82) is 0 Å². The normalized spacial score (nSPS) is 9.59. The number of carbonyl (C=O) groups excluding carboxylic acids is 2. The molecule has 2 N–H and O–H groups in total. The summed E-state index contributed by atoms with van der Waals surface area (Å²) in [5.41, 5.74) is 0. The van der Waals surface area contributed by atoms with E-state index < -0.39 is 5.97 Å². The van der Waals surface area contributed by atoms with Crippen LogP contribution in [0.4, 0.5) is 4.79 Å². The van der Waals surface area contributed by atoms with Gasteiger partial charge in [-0.2, -0.15) is 0 Å². The number of carboxylic acids is 1. The highest BCUT2D eigenvalue weighted by Crippen LogP contribution is 1.98. The molecule has 0 atom stereocenters. The minimum atomic E-state index is -1.06. The Hall–Kier alpha value is -1.79. The first-order valence-electron chi connectivity index (χ1n) is 5.34. The molecule has 0 bridgehead atoms. The Bertz CT molecular complexity index is 293. The van der Waals surface area contributed by atoms with Crippen LogP contribution in [-0.2, 0) is 9.59 Å². The van der Waals surface area contributed by atoms with Crippen molar-refractivity contribution in [3.63, 3.8) is 0 Å². The molecule has 0 aliphatic heterocycles. The molecule has 17 heavy (non-hydrogen) atoms. The van der Waals surface area contributed by atoms with E-state index in [2.05, 4.69) is 5.32 Å². The van der Waals surface area contributed by atoms with E-state index in [1.54, 1.807) is 6.92 Å². The molecule has 0 spiro atoms. The Balaban J connectivity index is 4.25. The van der Waals surface area contributed by atoms with E-state index in [0.29, 0.717) is 6.54 Å². The fourth-order valence-electron chi connectivity index (χ4n) is 1.21. The predicted octanol–water partition coefficient (Wildman–Crippen LogP) is -0.419. The standard InChI is InChI=1S/C10H19N3O4/c1-4-13(7-9(15)16)10(17)12(3)6-5-8(14)11-2/h4-7H2,1-3H3,(H,11,14)(H,15,16). The van der Waals surface area contributed by atoms with Crippen LogP contribution in [-0.4, -0.2) is 66.5 Å². The van der Waals surface area contributed by atoms with Crippen LogP contribution in [0.2, 0.25) is 0 Å². The van der Waals surface area contributed by atoms with Gasteiger partial charge in [0, 0.05) is 33.6 Å². The molecule has 0 aliphatic carbocycles. The first kappa shape index (κ1) is 15.2. The summed E-state index contributed by atoms with van der Waals surface area (Å²) in [5, 5.41) is 11.1. The molecule has 0 aromatic heterocycles. The first-order chi connectivity index (χ1) is 7.92. The molecule has 0 aromatic rings. The monoisotopic (exact) mass is 245 g/mol. The Morgan fingerprint density at radius 3 is 2.29 bits per heavy atom. The maximum Gasteiger partial charge on any atom is 0.323 e. The number of aliphatic carboxylic acids is 1. The lowest BCUT2D eigenvalue weighted by Crippen LogP contribution is -2.44. The van der Waals surface area contributed by atoms with Crippen LogP contribution in [0.5, 0.6) is 0 Å². The zero-order chi connectivity index (χ0) is 13.4. The Morgan fingerprint density at radius 2 is 1.88 bits per heavy atom. The summed E-state index contributed by atoms with van der Waals surface area (Å²) < 4.78 is 0. The summed E-state index contributed by atoms with van der Waals surface area (Å²) in [4.78, 5) is 35.8. The quantitative estimate of drug-likeness (QED) is 0.665. The second-order valence-electron chi connectivity index (χ2n) is 3.54. The molecule has 0 saturated heterocycles. The van der Waals surface area contributed by atoms with E-state index in [0.717, 1.165) is 0 Å². The second-order valence-corrected chi connectivity index (χ2v) is 3.54. The van der Waals surface area contributed by atoms with E-state index >= 15 is 0 Å². The van der Waals surface area contributed by atoms with Gasteiger partial charge in [0.15, 0.2) is 0 Å². The van der Waals surface area contributed by atoms with Crippen LogP contribution in [0.1, 0.15) is 13.3 Å². The molecule has 3 amide bonds. The highest BCUT2D eigenvalue weighted by molar-refractivity contribution is 5.81. The van der Waals surface area contributed by atoms with Crippen molar-refractivity contribution in [2.45, 2.75) is 13.3 Å². The third-order valence-corrected chi connectivity index (χ3v) is 2.26. The third kappa shape index (κ3) is 5.74. The molecular formula is C10H19N3O4. The van der Waals surface area contributed by atoms with E-state index in [4.69, 9.17) is 5.11 Å². The Kier molecular flexibility index (Phi) is 6.69. The third-order valence-electron chi connectivity index (χ3n) is 2.26. The number of amides is 3. The molecule has 0 heterocycles. The number of likely N-dealkylation sites (N-methyl/N-ethyl adjacent to an activating group) is 1. The van der Waals surface area contributed by atoms with Gasteiger partial charge in [-0.15, -0.1) is 0 Å². The number of carboxylic acid groups (broad SMARTS) is 1. The fourth-order valence-corrected chi connectivity index (χ4v) is 1.21. The van der Waals surface area contributed by atoms with Gasteiger partial charge in [0.1, 0.15) is 6.54 Å². The molecule has 0 aliphatic rings. The molecule has 0 unspecified atom stereocenters. The van der Waals surface area contributed by atoms with Crippen molar-refractivity contribution in [2.75, 3.05) is 33.7 Å². The fraction of sp³-hybridized carbons (Fsp3) is 0.700. The molecule has 0 radical (unpaired) electrons. The summed E-state index contributed by atoms with van der Waals surface area (Å²) in [6.45, 7) is 1.94. The van der Waals surface area contributed by atoms with Crippen molar-refractivity contribution in [3.8, 4) is 0 Å². The van der Waals surface area contributed by atoms with Gasteiger partial charge in [0.2, 0.25) is 5.91 Å². The van der Waals surface area contributed by atoms with Crippen LogP contribution in [0.3, 0.4) is 0 Å². The first-order valence-corrected chi connectivity index (χ1v) is 5.34. The van der Waals surface area contributed by atoms with Crippen LogP contribution in [0.15, 0.2) is 0 Å². The van der Waals surface area contributed by atoms with Gasteiger partial charge in [-0.3, -0.25) is 9.59 Å². The van der Waals surface area contributed by atoms with E-state index in [1.807, 2.05) is 0 Å². The van der Waals surface area contributed by atoms with Gasteiger partial charge in [-0.1, -0.05) is 0 Å². The largest absolute Gasteiger partial charge is 0.480 e. The zero-order valence-corrected chi connectivity index (χ0v) is 10.4. The molecule has 0 rings (SSSR count). The van der Waals surface area contributed by atoms with E-state index in [-0.39, 0.29) is 31.4 Å². The highest BCUT2D eigenvalue weighted by atomic mass is 16.4. The summed E-state index contributed by atoms with van der Waals surface area (Å²) in [6, 6.07) is -0.390. The van der Waals surface area contributed by atoms with E-state index in [9.17, 15) is 14.4 Å². The van der Waals surface area contributed by atoms with Crippen molar-refractivity contribution in [1.82, 2.24) is 15.1 Å². The number of rotatable bonds is 6. The molecule has 0 saturated carbocycles. The Morgan fingerprint density at radius 1 is 1.29 bits per heavy atom. The molecule has 98 valence electrons. The van der Waals surface area contributed by atoms with Crippen LogP contribution in [0, 0.1) is 0 Å². The summed E-state index contributed by atoms with van der Waals surface area (Å²) >= 11 is 0. The lowest BCUT2D eigenvalue weighted by atomic mass is 10.4. The van der Waals surface area contributed by atoms with Crippen LogP contribution < -0.4 is 5.32 Å². The topological polar surface area (TPSA) is 90.0 Å². The SMILES string of the molecule is CCN(CC(=O)O)C(=O)N(C)CCC(=O)NC. The zero-order valence-electron chi connectivity index (χ0n) is 10.4. The minimum absolute atomic E-state index is 0.161. The van der Waals surface area contributed by atoms with Crippen LogP contribution >= 0.6 is 0 Å². The Labute approximate surface area is 100 Å². The maximum absolute atomic E-state index is 11.8. The van der Waals surface area contributed by atoms with Gasteiger partial charge in [0.25, 0.3) is 0 Å². The summed E-state index contributed by atoms with van der Waals surface area (Å²) in [5.74, 6) is -1.22. The van der Waals surface area contributed by atoms with Crippen molar-refractivity contribution in [2.24, 2.45) is 0 Å². The second kappa shape index (κ2) is 7.48. The van der Waals surface area contributed by atoms with Gasteiger partial charge in [-0.25, -0.2) is 4.79 Å². The van der Waals surface area contributed by atoms with Gasteiger partial charge in [0.05, 0.1) is 0 Å². The average molecular weight is 245 g/mol. The van der Waals surface area contributed by atoms with Crippen molar-refractivity contribution >= 4 is 17.9 Å². The number of nitrogens with zero attached hydrogens (tertiary/aromatic N) is 2. The number of urea groups is 1. The summed E-state index contributed by atoms with van der Waals surface area (Å²) in [6.07, 6.45) is 0.198. The van der Waals surface area contributed by atoms with Crippen molar-refractivity contribution < 1.29 is 19.5 Å². The van der Waals surface area contributed by atoms with E-state index in [1.165, 1.54) is 23.9 Å². The molecule has 0 aromatic carbocycles. The lowest BCUT2D eigenvalue weighted by molar-refractivity contribution is -0.137. The predicted molar refractivity (Wildman–Crippen MR) is 61.6 cm³/mol. The number of carbonyl (C=O) groups is 3. The molecule has 7 heteroatoms. The summed E-state index contributed by atoms with van der Waals surface area (Å²) in [7, 11) is 3.06. The average Bonchev–Trinajstić information content (AvgIpc) is 2.31. The number of hydrogen-bond donors (Lipinski definition) is 2. The van der Waals surface area contributed by atoms with Gasteiger partial charge < -0.3 is 20.2 Å². The van der Waals surface area contributed by atoms with Gasteiger partial charge in [-0.05, 0) is 6.92 Å².